The molecule has 0 amide bonds. The van der Waals surface area contributed by atoms with Gasteiger partial charge in [0.1, 0.15) is 5.75 Å². The number of aryl methyl sites for hydroxylation is 1. The second-order valence-electron chi connectivity index (χ2n) is 12.0. The molecule has 0 spiro atoms. The van der Waals surface area contributed by atoms with Crippen LogP contribution in [0.25, 0.3) is 10.8 Å². The summed E-state index contributed by atoms with van der Waals surface area (Å²) in [5, 5.41) is 5.96. The Hall–Kier alpha value is -3.26. The predicted molar refractivity (Wildman–Crippen MR) is 168 cm³/mol. The van der Waals surface area contributed by atoms with Crippen molar-refractivity contribution in [2.24, 2.45) is 11.8 Å². The average Bonchev–Trinajstić information content (AvgIpc) is 3.04. The van der Waals surface area contributed by atoms with Crippen molar-refractivity contribution in [3.63, 3.8) is 0 Å². The lowest BCUT2D eigenvalue weighted by Gasteiger charge is -2.37. The number of aromatic nitrogens is 1. The molecule has 0 radical (unpaired) electrons. The predicted octanol–water partition coefficient (Wildman–Crippen LogP) is 6.26. The monoisotopic (exact) mass is 583 g/mol. The van der Waals surface area contributed by atoms with Gasteiger partial charge >= 0.3 is 0 Å². The van der Waals surface area contributed by atoms with Crippen LogP contribution in [-0.4, -0.2) is 39.6 Å². The van der Waals surface area contributed by atoms with Gasteiger partial charge in [-0.25, -0.2) is 13.1 Å². The van der Waals surface area contributed by atoms with Gasteiger partial charge in [-0.2, -0.15) is 0 Å². The van der Waals surface area contributed by atoms with Crippen molar-refractivity contribution in [2.75, 3.05) is 20.2 Å². The molecule has 3 aromatic carbocycles. The molecule has 0 saturated heterocycles. The molecule has 220 valence electrons. The smallest absolute Gasteiger partial charge is 0.240 e. The van der Waals surface area contributed by atoms with E-state index in [-0.39, 0.29) is 0 Å². The van der Waals surface area contributed by atoms with Gasteiger partial charge in [0, 0.05) is 30.9 Å². The highest BCUT2D eigenvalue weighted by Gasteiger charge is 2.31. The lowest BCUT2D eigenvalue weighted by atomic mass is 9.75. The van der Waals surface area contributed by atoms with Crippen molar-refractivity contribution in [1.29, 1.82) is 0 Å². The molecular formula is C35H41N3O3S. The summed E-state index contributed by atoms with van der Waals surface area (Å²) in [5.74, 6) is 2.32. The molecule has 42 heavy (non-hydrogen) atoms. The number of pyridine rings is 1. The van der Waals surface area contributed by atoms with Crippen LogP contribution in [-0.2, 0) is 22.9 Å². The molecular weight excluding hydrogens is 542 g/mol. The van der Waals surface area contributed by atoms with E-state index in [0.717, 1.165) is 68.0 Å². The Labute approximate surface area is 250 Å². The third-order valence-corrected chi connectivity index (χ3v) is 10.8. The van der Waals surface area contributed by atoms with Crippen molar-refractivity contribution >= 4 is 20.8 Å². The summed E-state index contributed by atoms with van der Waals surface area (Å²) in [6.45, 7) is 1.51. The minimum atomic E-state index is -3.52. The van der Waals surface area contributed by atoms with Crippen LogP contribution in [0, 0.1) is 11.8 Å². The first-order chi connectivity index (χ1) is 20.5. The van der Waals surface area contributed by atoms with E-state index in [1.54, 1.807) is 19.2 Å². The summed E-state index contributed by atoms with van der Waals surface area (Å²) >= 11 is 0. The van der Waals surface area contributed by atoms with Crippen molar-refractivity contribution in [2.45, 2.75) is 61.8 Å². The normalized spacial score (nSPS) is 22.5. The number of sulfonamides is 1. The fraction of sp³-hybridized carbons (Fsp3) is 0.400. The molecule has 1 heterocycles. The zero-order valence-electron chi connectivity index (χ0n) is 24.3. The SMILES string of the molecule is COc1ccc2c(c1)CC[C@@H](NCC1CCC(CNS(=O)(=O)c3ccc4ccccc4c3)CC1)[C@H]2Cc1cccnc1. The number of ether oxygens (including phenoxy) is 1. The van der Waals surface area contributed by atoms with E-state index in [9.17, 15) is 8.42 Å². The first kappa shape index (κ1) is 28.8. The maximum Gasteiger partial charge on any atom is 0.240 e. The lowest BCUT2D eigenvalue weighted by Crippen LogP contribution is -2.42. The van der Waals surface area contributed by atoms with E-state index >= 15 is 0 Å². The summed E-state index contributed by atoms with van der Waals surface area (Å²) in [7, 11) is -1.79. The third-order valence-electron chi connectivity index (χ3n) is 9.37. The number of rotatable bonds is 10. The number of nitrogens with zero attached hydrogens (tertiary/aromatic N) is 1. The van der Waals surface area contributed by atoms with Crippen molar-refractivity contribution in [3.05, 3.63) is 102 Å². The summed E-state index contributed by atoms with van der Waals surface area (Å²) in [4.78, 5) is 4.70. The quantitative estimate of drug-likeness (QED) is 0.230. The maximum atomic E-state index is 13.0. The highest BCUT2D eigenvalue weighted by atomic mass is 32.2. The van der Waals surface area contributed by atoms with Crippen LogP contribution in [0.3, 0.4) is 0 Å². The van der Waals surface area contributed by atoms with Gasteiger partial charge in [-0.05, 0) is 121 Å². The van der Waals surface area contributed by atoms with Gasteiger partial charge in [-0.1, -0.05) is 42.5 Å². The van der Waals surface area contributed by atoms with Crippen LogP contribution in [0.2, 0.25) is 0 Å². The number of hydrogen-bond donors (Lipinski definition) is 2. The lowest BCUT2D eigenvalue weighted by molar-refractivity contribution is 0.252. The molecule has 4 aromatic rings. The molecule has 1 saturated carbocycles. The molecule has 2 aliphatic rings. The minimum Gasteiger partial charge on any atom is -0.497 e. The van der Waals surface area contributed by atoms with Crippen LogP contribution in [0.15, 0.2) is 90.1 Å². The summed E-state index contributed by atoms with van der Waals surface area (Å²) in [6.07, 6.45) is 11.3. The van der Waals surface area contributed by atoms with Gasteiger partial charge in [-0.15, -0.1) is 0 Å². The van der Waals surface area contributed by atoms with Crippen LogP contribution in [0.4, 0.5) is 0 Å². The zero-order chi connectivity index (χ0) is 28.9. The van der Waals surface area contributed by atoms with Crippen LogP contribution >= 0.6 is 0 Å². The molecule has 6 nitrogen and oxygen atoms in total. The molecule has 7 heteroatoms. The number of fused-ring (bicyclic) bond motifs is 2. The van der Waals surface area contributed by atoms with E-state index in [1.165, 1.54) is 16.7 Å². The van der Waals surface area contributed by atoms with Crippen molar-refractivity contribution in [1.82, 2.24) is 15.0 Å². The molecule has 1 aromatic heterocycles. The Morgan fingerprint density at radius 2 is 1.64 bits per heavy atom. The van der Waals surface area contributed by atoms with Gasteiger partial charge < -0.3 is 10.1 Å². The largest absolute Gasteiger partial charge is 0.497 e. The molecule has 0 unspecified atom stereocenters. The van der Waals surface area contributed by atoms with Crippen molar-refractivity contribution < 1.29 is 13.2 Å². The molecule has 6 rings (SSSR count). The third kappa shape index (κ3) is 6.69. The van der Waals surface area contributed by atoms with Crippen LogP contribution in [0.1, 0.15) is 54.7 Å². The number of benzene rings is 3. The maximum absolute atomic E-state index is 13.0. The molecule has 0 aliphatic heterocycles. The first-order valence-electron chi connectivity index (χ1n) is 15.3. The Morgan fingerprint density at radius 3 is 2.40 bits per heavy atom. The van der Waals surface area contributed by atoms with Crippen molar-refractivity contribution in [3.8, 4) is 5.75 Å². The fourth-order valence-electron chi connectivity index (χ4n) is 6.89. The number of methoxy groups -OCH3 is 1. The van der Waals surface area contributed by atoms with Gasteiger partial charge in [0.2, 0.25) is 10.0 Å². The Kier molecular flexibility index (Phi) is 8.89. The summed E-state index contributed by atoms with van der Waals surface area (Å²) < 4.78 is 34.4. The second kappa shape index (κ2) is 12.9. The Morgan fingerprint density at radius 1 is 0.857 bits per heavy atom. The van der Waals surface area contributed by atoms with Gasteiger partial charge in [0.05, 0.1) is 12.0 Å². The molecule has 2 atom stereocenters. The topological polar surface area (TPSA) is 80.3 Å². The number of nitrogens with one attached hydrogen (secondary N) is 2. The fourth-order valence-corrected chi connectivity index (χ4v) is 8.04. The van der Waals surface area contributed by atoms with Gasteiger partial charge in [-0.3, -0.25) is 4.98 Å². The second-order valence-corrected chi connectivity index (χ2v) is 13.8. The summed E-state index contributed by atoms with van der Waals surface area (Å²) in [6, 6.07) is 24.4. The van der Waals surface area contributed by atoms with Gasteiger partial charge in [0.15, 0.2) is 0 Å². The van der Waals surface area contributed by atoms with Crippen LogP contribution in [0.5, 0.6) is 5.75 Å². The van der Waals surface area contributed by atoms with E-state index < -0.39 is 10.0 Å². The highest BCUT2D eigenvalue weighted by Crippen LogP contribution is 2.37. The summed E-state index contributed by atoms with van der Waals surface area (Å²) in [5.41, 5.74) is 4.09. The highest BCUT2D eigenvalue weighted by molar-refractivity contribution is 7.89. The molecule has 1 fully saturated rings. The standard InChI is InChI=1S/C35H41N3O3S/c1-41-31-14-16-33-30(20-31)13-17-35(34(33)19-27-5-4-18-36-22-27)37-23-25-8-10-26(11-9-25)24-38-42(39,40)32-15-12-28-6-2-3-7-29(28)21-32/h2-7,12,14-16,18,20-22,25-26,34-35,37-38H,8-11,13,17,19,23-24H2,1H3/t25?,26?,34-,35+/m0/s1. The van der Waals surface area contributed by atoms with E-state index in [4.69, 9.17) is 4.74 Å². The van der Waals surface area contributed by atoms with Crippen LogP contribution < -0.4 is 14.8 Å². The molecule has 2 aliphatic carbocycles. The molecule has 0 bridgehead atoms. The Bertz CT molecular complexity index is 1600. The van der Waals surface area contributed by atoms with E-state index in [1.807, 2.05) is 48.8 Å². The van der Waals surface area contributed by atoms with E-state index in [2.05, 4.69) is 39.3 Å². The minimum absolute atomic E-state index is 0.340. The Balaban J connectivity index is 1.03. The number of hydrogen-bond acceptors (Lipinski definition) is 5. The zero-order valence-corrected chi connectivity index (χ0v) is 25.2. The van der Waals surface area contributed by atoms with Gasteiger partial charge in [0.25, 0.3) is 0 Å². The first-order valence-corrected chi connectivity index (χ1v) is 16.7. The van der Waals surface area contributed by atoms with E-state index in [0.29, 0.717) is 35.2 Å². The average molecular weight is 584 g/mol. The molecule has 2 N–H and O–H groups in total.